The Bertz CT molecular complexity index is 429. The first-order valence-corrected chi connectivity index (χ1v) is 6.96. The fourth-order valence-corrected chi connectivity index (χ4v) is 2.75. The van der Waals surface area contributed by atoms with Crippen LogP contribution in [-0.4, -0.2) is 16.9 Å². The first-order valence-electron chi connectivity index (χ1n) is 6.17. The van der Waals surface area contributed by atoms with Gasteiger partial charge in [0.05, 0.1) is 5.56 Å². The molecule has 3 nitrogen and oxygen atoms in total. The van der Waals surface area contributed by atoms with E-state index >= 15 is 0 Å². The molecule has 2 aliphatic rings. The zero-order valence-corrected chi connectivity index (χ0v) is 11.1. The third kappa shape index (κ3) is 2.51. The first kappa shape index (κ1) is 11.2. The average Bonchev–Trinajstić information content (AvgIpc) is 3.16. The molecule has 0 atom stereocenters. The van der Waals surface area contributed by atoms with Gasteiger partial charge in [-0.15, -0.1) is 0 Å². The summed E-state index contributed by atoms with van der Waals surface area (Å²) in [6.45, 7) is 0. The quantitative estimate of drug-likeness (QED) is 0.868. The van der Waals surface area contributed by atoms with Gasteiger partial charge < -0.3 is 5.32 Å². The van der Waals surface area contributed by atoms with Crippen molar-refractivity contribution in [1.82, 2.24) is 10.3 Å². The van der Waals surface area contributed by atoms with Gasteiger partial charge in [-0.05, 0) is 65.6 Å². The highest BCUT2D eigenvalue weighted by molar-refractivity contribution is 9.10. The molecule has 3 rings (SSSR count). The molecule has 1 heterocycles. The number of aromatic nitrogens is 1. The fraction of sp³-hybridized carbons (Fsp3) is 0.538. The van der Waals surface area contributed by atoms with E-state index in [1.54, 1.807) is 12.3 Å². The molecule has 1 aromatic rings. The topological polar surface area (TPSA) is 42.0 Å². The molecular weight excluding hydrogens is 280 g/mol. The third-order valence-electron chi connectivity index (χ3n) is 3.56. The number of halogens is 1. The van der Waals surface area contributed by atoms with Crippen LogP contribution in [-0.2, 0) is 0 Å². The minimum atomic E-state index is 0.00812. The molecule has 90 valence electrons. The second-order valence-electron chi connectivity index (χ2n) is 5.02. The molecule has 2 saturated carbocycles. The minimum absolute atomic E-state index is 0.00812. The van der Waals surface area contributed by atoms with Crippen LogP contribution in [0.25, 0.3) is 0 Å². The number of hydrogen-bond acceptors (Lipinski definition) is 2. The molecule has 1 N–H and O–H groups in total. The van der Waals surface area contributed by atoms with Gasteiger partial charge in [-0.1, -0.05) is 0 Å². The summed E-state index contributed by atoms with van der Waals surface area (Å²) in [6, 6.07) is 4.00. The summed E-state index contributed by atoms with van der Waals surface area (Å²) in [4.78, 5) is 16.2. The van der Waals surface area contributed by atoms with Gasteiger partial charge >= 0.3 is 0 Å². The molecule has 0 spiro atoms. The molecule has 0 aromatic carbocycles. The van der Waals surface area contributed by atoms with Crippen LogP contribution in [0.1, 0.15) is 36.0 Å². The van der Waals surface area contributed by atoms with Crippen LogP contribution in [0.15, 0.2) is 22.9 Å². The monoisotopic (exact) mass is 294 g/mol. The molecule has 0 radical (unpaired) electrons. The highest BCUT2D eigenvalue weighted by atomic mass is 79.9. The number of nitrogens with one attached hydrogen (secondary N) is 1. The van der Waals surface area contributed by atoms with Gasteiger partial charge in [-0.3, -0.25) is 4.79 Å². The van der Waals surface area contributed by atoms with Gasteiger partial charge in [0, 0.05) is 12.2 Å². The molecule has 0 saturated heterocycles. The summed E-state index contributed by atoms with van der Waals surface area (Å²) in [5, 5.41) is 3.19. The molecular formula is C13H15BrN2O. The number of pyridine rings is 1. The van der Waals surface area contributed by atoms with Crippen molar-refractivity contribution in [3.8, 4) is 0 Å². The lowest BCUT2D eigenvalue weighted by atomic mass is 10.1. The van der Waals surface area contributed by atoms with Crippen LogP contribution >= 0.6 is 15.9 Å². The van der Waals surface area contributed by atoms with Crippen molar-refractivity contribution < 1.29 is 4.79 Å². The molecule has 1 amide bonds. The summed E-state index contributed by atoms with van der Waals surface area (Å²) >= 11 is 3.32. The molecule has 2 aliphatic carbocycles. The summed E-state index contributed by atoms with van der Waals surface area (Å²) in [5.74, 6) is 1.46. The van der Waals surface area contributed by atoms with E-state index < -0.39 is 0 Å². The standard InChI is InChI=1S/C13H15BrN2O/c14-12-10(2-1-7-15-12)13(17)16-11(8-3-4-8)9-5-6-9/h1-2,7-9,11H,3-6H2,(H,16,17). The number of amides is 1. The van der Waals surface area contributed by atoms with E-state index in [9.17, 15) is 4.79 Å². The number of carbonyl (C=O) groups excluding carboxylic acids is 1. The first-order chi connectivity index (χ1) is 8.25. The second-order valence-corrected chi connectivity index (χ2v) is 5.77. The number of hydrogen-bond donors (Lipinski definition) is 1. The van der Waals surface area contributed by atoms with Crippen molar-refractivity contribution >= 4 is 21.8 Å². The molecule has 17 heavy (non-hydrogen) atoms. The van der Waals surface area contributed by atoms with Crippen molar-refractivity contribution in [2.75, 3.05) is 0 Å². The molecule has 0 bridgehead atoms. The Morgan fingerprint density at radius 3 is 2.53 bits per heavy atom. The smallest absolute Gasteiger partial charge is 0.254 e. The van der Waals surface area contributed by atoms with E-state index in [4.69, 9.17) is 0 Å². The van der Waals surface area contributed by atoms with Gasteiger partial charge in [0.1, 0.15) is 4.60 Å². The Kier molecular flexibility index (Phi) is 2.90. The van der Waals surface area contributed by atoms with Crippen LogP contribution in [0.5, 0.6) is 0 Å². The Hall–Kier alpha value is -0.900. The van der Waals surface area contributed by atoms with Crippen molar-refractivity contribution in [1.29, 1.82) is 0 Å². The molecule has 0 aliphatic heterocycles. The second kappa shape index (κ2) is 4.41. The summed E-state index contributed by atoms with van der Waals surface area (Å²) in [6.07, 6.45) is 6.77. The Balaban J connectivity index is 1.71. The molecule has 4 heteroatoms. The predicted octanol–water partition coefficient (Wildman–Crippen LogP) is 2.76. The number of rotatable bonds is 4. The van der Waals surface area contributed by atoms with E-state index in [1.165, 1.54) is 25.7 Å². The minimum Gasteiger partial charge on any atom is -0.349 e. The average molecular weight is 295 g/mol. The van der Waals surface area contributed by atoms with Crippen LogP contribution < -0.4 is 5.32 Å². The van der Waals surface area contributed by atoms with Gasteiger partial charge in [0.15, 0.2) is 0 Å². The maximum Gasteiger partial charge on any atom is 0.254 e. The van der Waals surface area contributed by atoms with Gasteiger partial charge in [-0.25, -0.2) is 4.98 Å². The van der Waals surface area contributed by atoms with Gasteiger partial charge in [0.25, 0.3) is 5.91 Å². The Morgan fingerprint density at radius 2 is 2.00 bits per heavy atom. The normalized spacial score (nSPS) is 19.4. The van der Waals surface area contributed by atoms with E-state index in [0.29, 0.717) is 16.2 Å². The Morgan fingerprint density at radius 1 is 1.35 bits per heavy atom. The van der Waals surface area contributed by atoms with Crippen molar-refractivity contribution in [2.45, 2.75) is 31.7 Å². The largest absolute Gasteiger partial charge is 0.349 e. The van der Waals surface area contributed by atoms with Crippen LogP contribution in [0.3, 0.4) is 0 Å². The van der Waals surface area contributed by atoms with E-state index in [-0.39, 0.29) is 5.91 Å². The van der Waals surface area contributed by atoms with Crippen LogP contribution in [0, 0.1) is 11.8 Å². The third-order valence-corrected chi connectivity index (χ3v) is 4.19. The number of nitrogens with zero attached hydrogens (tertiary/aromatic N) is 1. The lowest BCUT2D eigenvalue weighted by molar-refractivity contribution is 0.0925. The highest BCUT2D eigenvalue weighted by Crippen LogP contribution is 2.44. The number of carbonyl (C=O) groups is 1. The highest BCUT2D eigenvalue weighted by Gasteiger charge is 2.42. The fourth-order valence-electron chi connectivity index (χ4n) is 2.32. The zero-order chi connectivity index (χ0) is 11.8. The van der Waals surface area contributed by atoms with E-state index in [1.807, 2.05) is 6.07 Å². The van der Waals surface area contributed by atoms with E-state index in [2.05, 4.69) is 26.2 Å². The van der Waals surface area contributed by atoms with Gasteiger partial charge in [-0.2, -0.15) is 0 Å². The summed E-state index contributed by atoms with van der Waals surface area (Å²) in [5.41, 5.74) is 0.638. The van der Waals surface area contributed by atoms with Gasteiger partial charge in [0.2, 0.25) is 0 Å². The molecule has 1 aromatic heterocycles. The van der Waals surface area contributed by atoms with Crippen molar-refractivity contribution in [3.63, 3.8) is 0 Å². The SMILES string of the molecule is O=C(NC(C1CC1)C1CC1)c1cccnc1Br. The molecule has 2 fully saturated rings. The maximum absolute atomic E-state index is 12.2. The van der Waals surface area contributed by atoms with Crippen molar-refractivity contribution in [2.24, 2.45) is 11.8 Å². The lowest BCUT2D eigenvalue weighted by Gasteiger charge is -2.17. The van der Waals surface area contributed by atoms with E-state index in [0.717, 1.165) is 11.8 Å². The Labute approximate surface area is 109 Å². The summed E-state index contributed by atoms with van der Waals surface area (Å²) < 4.78 is 0.628. The predicted molar refractivity (Wildman–Crippen MR) is 68.6 cm³/mol. The molecule has 0 unspecified atom stereocenters. The maximum atomic E-state index is 12.2. The lowest BCUT2D eigenvalue weighted by Crippen LogP contribution is -2.38. The van der Waals surface area contributed by atoms with Crippen LogP contribution in [0.2, 0.25) is 0 Å². The summed E-state index contributed by atoms with van der Waals surface area (Å²) in [7, 11) is 0. The van der Waals surface area contributed by atoms with Crippen molar-refractivity contribution in [3.05, 3.63) is 28.5 Å². The van der Waals surface area contributed by atoms with Crippen LogP contribution in [0.4, 0.5) is 0 Å². The zero-order valence-electron chi connectivity index (χ0n) is 9.53.